The van der Waals surface area contributed by atoms with Crippen LogP contribution in [0.1, 0.15) is 18.5 Å². The maximum Gasteiger partial charge on any atom is 0.184 e. The van der Waals surface area contributed by atoms with Crippen LogP contribution in [-0.2, 0) is 0 Å². The van der Waals surface area contributed by atoms with Gasteiger partial charge in [-0.2, -0.15) is 0 Å². The van der Waals surface area contributed by atoms with Crippen LogP contribution in [0.3, 0.4) is 0 Å². The first-order valence-corrected chi connectivity index (χ1v) is 6.76. The number of aromatic nitrogens is 2. The molecule has 0 aliphatic heterocycles. The SMILES string of the molecule is CC(Nc1nc2ccc(F)cc2s1)c1cccnc1. The summed E-state index contributed by atoms with van der Waals surface area (Å²) in [7, 11) is 0. The summed E-state index contributed by atoms with van der Waals surface area (Å²) in [5, 5.41) is 4.10. The van der Waals surface area contributed by atoms with E-state index in [0.717, 1.165) is 20.9 Å². The first-order valence-electron chi connectivity index (χ1n) is 5.95. The van der Waals surface area contributed by atoms with Crippen molar-refractivity contribution in [2.45, 2.75) is 13.0 Å². The number of thiazole rings is 1. The van der Waals surface area contributed by atoms with Crippen molar-refractivity contribution in [1.82, 2.24) is 9.97 Å². The Hall–Kier alpha value is -2.01. The molecule has 19 heavy (non-hydrogen) atoms. The van der Waals surface area contributed by atoms with Crippen molar-refractivity contribution in [2.75, 3.05) is 5.32 Å². The maximum atomic E-state index is 13.1. The molecule has 0 saturated carbocycles. The van der Waals surface area contributed by atoms with E-state index >= 15 is 0 Å². The third-order valence-corrected chi connectivity index (χ3v) is 3.82. The Morgan fingerprint density at radius 3 is 3.00 bits per heavy atom. The van der Waals surface area contributed by atoms with Gasteiger partial charge in [-0.25, -0.2) is 9.37 Å². The summed E-state index contributed by atoms with van der Waals surface area (Å²) in [5.74, 6) is -0.233. The minimum Gasteiger partial charge on any atom is -0.355 e. The van der Waals surface area contributed by atoms with Crippen LogP contribution in [0, 0.1) is 5.82 Å². The lowest BCUT2D eigenvalue weighted by molar-refractivity contribution is 0.630. The number of pyridine rings is 1. The van der Waals surface area contributed by atoms with Crippen molar-refractivity contribution < 1.29 is 4.39 Å². The van der Waals surface area contributed by atoms with Gasteiger partial charge in [0.25, 0.3) is 0 Å². The molecule has 1 unspecified atom stereocenters. The summed E-state index contributed by atoms with van der Waals surface area (Å²) in [4.78, 5) is 8.53. The molecule has 0 amide bonds. The van der Waals surface area contributed by atoms with Gasteiger partial charge in [0.2, 0.25) is 0 Å². The molecule has 0 aliphatic rings. The van der Waals surface area contributed by atoms with E-state index in [0.29, 0.717) is 0 Å². The van der Waals surface area contributed by atoms with E-state index in [1.165, 1.54) is 23.5 Å². The summed E-state index contributed by atoms with van der Waals surface area (Å²) < 4.78 is 14.0. The minimum atomic E-state index is -0.233. The molecular formula is C14H12FN3S. The molecule has 0 saturated heterocycles. The average Bonchev–Trinajstić information content (AvgIpc) is 2.81. The van der Waals surface area contributed by atoms with Crippen molar-refractivity contribution in [3.63, 3.8) is 0 Å². The molecule has 2 aromatic heterocycles. The minimum absolute atomic E-state index is 0.110. The first kappa shape index (κ1) is 12.0. The summed E-state index contributed by atoms with van der Waals surface area (Å²) in [6, 6.07) is 8.66. The molecule has 1 N–H and O–H groups in total. The molecule has 0 aliphatic carbocycles. The highest BCUT2D eigenvalue weighted by Crippen LogP contribution is 2.28. The van der Waals surface area contributed by atoms with Gasteiger partial charge in [-0.05, 0) is 36.8 Å². The zero-order valence-corrected chi connectivity index (χ0v) is 11.1. The molecule has 0 radical (unpaired) electrons. The summed E-state index contributed by atoms with van der Waals surface area (Å²) in [5.41, 5.74) is 1.90. The predicted molar refractivity (Wildman–Crippen MR) is 75.9 cm³/mol. The Kier molecular flexibility index (Phi) is 3.13. The number of halogens is 1. The zero-order chi connectivity index (χ0) is 13.2. The molecule has 5 heteroatoms. The van der Waals surface area contributed by atoms with Crippen LogP contribution in [-0.4, -0.2) is 9.97 Å². The topological polar surface area (TPSA) is 37.8 Å². The smallest absolute Gasteiger partial charge is 0.184 e. The third kappa shape index (κ3) is 2.56. The van der Waals surface area contributed by atoms with Gasteiger partial charge in [-0.1, -0.05) is 17.4 Å². The Labute approximate surface area is 114 Å². The second-order valence-electron chi connectivity index (χ2n) is 4.28. The second kappa shape index (κ2) is 4.93. The summed E-state index contributed by atoms with van der Waals surface area (Å²) >= 11 is 1.45. The predicted octanol–water partition coefficient (Wildman–Crippen LogP) is 4.00. The molecule has 3 nitrogen and oxygen atoms in total. The average molecular weight is 273 g/mol. The monoisotopic (exact) mass is 273 g/mol. The highest BCUT2D eigenvalue weighted by molar-refractivity contribution is 7.22. The van der Waals surface area contributed by atoms with Gasteiger partial charge in [0.05, 0.1) is 16.3 Å². The van der Waals surface area contributed by atoms with Crippen LogP contribution in [0.4, 0.5) is 9.52 Å². The summed E-state index contributed by atoms with van der Waals surface area (Å²) in [6.07, 6.45) is 3.57. The van der Waals surface area contributed by atoms with Gasteiger partial charge in [0.15, 0.2) is 5.13 Å². The Balaban J connectivity index is 1.85. The molecule has 0 fully saturated rings. The van der Waals surface area contributed by atoms with E-state index in [1.807, 2.05) is 25.3 Å². The summed E-state index contributed by atoms with van der Waals surface area (Å²) in [6.45, 7) is 2.05. The van der Waals surface area contributed by atoms with Gasteiger partial charge in [-0.3, -0.25) is 4.98 Å². The van der Waals surface area contributed by atoms with Crippen molar-refractivity contribution in [3.05, 3.63) is 54.1 Å². The van der Waals surface area contributed by atoms with Crippen LogP contribution in [0.5, 0.6) is 0 Å². The van der Waals surface area contributed by atoms with Gasteiger partial charge in [-0.15, -0.1) is 0 Å². The number of hydrogen-bond donors (Lipinski definition) is 1. The van der Waals surface area contributed by atoms with Crippen LogP contribution in [0.15, 0.2) is 42.7 Å². The molecule has 96 valence electrons. The maximum absolute atomic E-state index is 13.1. The molecule has 0 spiro atoms. The van der Waals surface area contributed by atoms with Crippen molar-refractivity contribution in [1.29, 1.82) is 0 Å². The van der Waals surface area contributed by atoms with E-state index in [4.69, 9.17) is 0 Å². The van der Waals surface area contributed by atoms with Crippen molar-refractivity contribution in [3.8, 4) is 0 Å². The number of hydrogen-bond acceptors (Lipinski definition) is 4. The van der Waals surface area contributed by atoms with Crippen molar-refractivity contribution in [2.24, 2.45) is 0 Å². The van der Waals surface area contributed by atoms with E-state index in [9.17, 15) is 4.39 Å². The van der Waals surface area contributed by atoms with Gasteiger partial charge >= 0.3 is 0 Å². The van der Waals surface area contributed by atoms with Gasteiger partial charge < -0.3 is 5.32 Å². The van der Waals surface area contributed by atoms with E-state index in [1.54, 1.807) is 12.3 Å². The number of nitrogens with zero attached hydrogens (tertiary/aromatic N) is 2. The van der Waals surface area contributed by atoms with Crippen LogP contribution in [0.2, 0.25) is 0 Å². The normalized spacial score (nSPS) is 12.5. The molecule has 3 rings (SSSR count). The molecule has 0 bridgehead atoms. The molecule has 3 aromatic rings. The number of rotatable bonds is 3. The number of benzene rings is 1. The highest BCUT2D eigenvalue weighted by Gasteiger charge is 2.09. The van der Waals surface area contributed by atoms with Gasteiger partial charge in [0, 0.05) is 12.4 Å². The third-order valence-electron chi connectivity index (χ3n) is 2.87. The van der Waals surface area contributed by atoms with Crippen molar-refractivity contribution >= 4 is 26.7 Å². The Morgan fingerprint density at radius 1 is 1.32 bits per heavy atom. The second-order valence-corrected chi connectivity index (χ2v) is 5.31. The quantitative estimate of drug-likeness (QED) is 0.783. The number of nitrogens with one attached hydrogen (secondary N) is 1. The Morgan fingerprint density at radius 2 is 2.21 bits per heavy atom. The van der Waals surface area contributed by atoms with Crippen LogP contribution < -0.4 is 5.32 Å². The largest absolute Gasteiger partial charge is 0.355 e. The lowest BCUT2D eigenvalue weighted by Crippen LogP contribution is -2.06. The fourth-order valence-electron chi connectivity index (χ4n) is 1.86. The molecule has 2 heterocycles. The molecular weight excluding hydrogens is 261 g/mol. The van der Waals surface area contributed by atoms with Crippen LogP contribution in [0.25, 0.3) is 10.2 Å². The fraction of sp³-hybridized carbons (Fsp3) is 0.143. The lowest BCUT2D eigenvalue weighted by atomic mass is 10.1. The highest BCUT2D eigenvalue weighted by atomic mass is 32.1. The van der Waals surface area contributed by atoms with E-state index in [2.05, 4.69) is 15.3 Å². The van der Waals surface area contributed by atoms with Crippen LogP contribution >= 0.6 is 11.3 Å². The van der Waals surface area contributed by atoms with E-state index in [-0.39, 0.29) is 11.9 Å². The van der Waals surface area contributed by atoms with Gasteiger partial charge in [0.1, 0.15) is 5.82 Å². The Bertz CT molecular complexity index is 696. The zero-order valence-electron chi connectivity index (χ0n) is 10.3. The lowest BCUT2D eigenvalue weighted by Gasteiger charge is -2.12. The standard InChI is InChI=1S/C14H12FN3S/c1-9(10-3-2-6-16-8-10)17-14-18-12-5-4-11(15)7-13(12)19-14/h2-9H,1H3,(H,17,18). The number of anilines is 1. The fourth-order valence-corrected chi connectivity index (χ4v) is 2.84. The number of fused-ring (bicyclic) bond motifs is 1. The molecule has 1 atom stereocenters. The van der Waals surface area contributed by atoms with E-state index < -0.39 is 0 Å². The molecule has 1 aromatic carbocycles. The first-order chi connectivity index (χ1) is 9.22.